The Kier molecular flexibility index (Phi) is 3.48. The van der Waals surface area contributed by atoms with E-state index in [0.29, 0.717) is 5.75 Å². The van der Waals surface area contributed by atoms with Crippen molar-refractivity contribution in [1.29, 1.82) is 0 Å². The molecule has 0 amide bonds. The molecule has 5 nitrogen and oxygen atoms in total. The Bertz CT molecular complexity index is 815. The molecule has 4 rings (SSSR count). The van der Waals surface area contributed by atoms with Crippen molar-refractivity contribution < 1.29 is 9.84 Å². The minimum absolute atomic E-state index is 0.0408. The van der Waals surface area contributed by atoms with Crippen LogP contribution in [0, 0.1) is 0 Å². The molecule has 2 N–H and O–H groups in total. The summed E-state index contributed by atoms with van der Waals surface area (Å²) in [7, 11) is 0. The third-order valence-electron chi connectivity index (χ3n) is 4.04. The van der Waals surface area contributed by atoms with E-state index in [1.807, 2.05) is 41.4 Å². The van der Waals surface area contributed by atoms with E-state index in [0.717, 1.165) is 30.0 Å². The van der Waals surface area contributed by atoms with Crippen LogP contribution in [0.5, 0.6) is 17.2 Å². The number of benzene rings is 2. The quantitative estimate of drug-likeness (QED) is 0.777. The van der Waals surface area contributed by atoms with Crippen molar-refractivity contribution >= 4 is 0 Å². The summed E-state index contributed by atoms with van der Waals surface area (Å²) in [6, 6.07) is 13.3. The van der Waals surface area contributed by atoms with Gasteiger partial charge >= 0.3 is 0 Å². The van der Waals surface area contributed by atoms with Crippen LogP contribution in [0.3, 0.4) is 0 Å². The van der Waals surface area contributed by atoms with Crippen LogP contribution in [0.25, 0.3) is 0 Å². The molecule has 0 saturated heterocycles. The van der Waals surface area contributed by atoms with Crippen molar-refractivity contribution in [2.24, 2.45) is 0 Å². The molecule has 2 aromatic carbocycles. The third kappa shape index (κ3) is 2.66. The number of hydrogen-bond donors (Lipinski definition) is 2. The molecule has 116 valence electrons. The number of aromatic nitrogens is 2. The number of ether oxygens (including phenoxy) is 1. The number of phenols is 1. The average molecular weight is 307 g/mol. The Morgan fingerprint density at radius 1 is 1.13 bits per heavy atom. The van der Waals surface area contributed by atoms with Crippen molar-refractivity contribution in [3.05, 3.63) is 72.3 Å². The molecule has 2 heterocycles. The molecule has 1 aliphatic rings. The fourth-order valence-electron chi connectivity index (χ4n) is 2.92. The van der Waals surface area contributed by atoms with Gasteiger partial charge in [-0.25, -0.2) is 4.98 Å². The Morgan fingerprint density at radius 2 is 2.00 bits per heavy atom. The van der Waals surface area contributed by atoms with Crippen LogP contribution >= 0.6 is 0 Å². The van der Waals surface area contributed by atoms with Gasteiger partial charge < -0.3 is 19.7 Å². The van der Waals surface area contributed by atoms with Crippen molar-refractivity contribution in [3.63, 3.8) is 0 Å². The molecule has 0 fully saturated rings. The number of aromatic hydroxyl groups is 1. The second kappa shape index (κ2) is 5.78. The van der Waals surface area contributed by atoms with Crippen LogP contribution in [0.1, 0.15) is 17.2 Å². The fraction of sp³-hybridized carbons (Fsp3) is 0.167. The number of nitrogens with one attached hydrogen (secondary N) is 1. The summed E-state index contributed by atoms with van der Waals surface area (Å²) in [4.78, 5) is 4.06. The van der Waals surface area contributed by atoms with E-state index < -0.39 is 0 Å². The van der Waals surface area contributed by atoms with Gasteiger partial charge in [0.2, 0.25) is 0 Å². The minimum atomic E-state index is 0.0408. The van der Waals surface area contributed by atoms with Gasteiger partial charge in [0.15, 0.2) is 0 Å². The number of phenolic OH excluding ortho intramolecular Hbond substituents is 1. The molecule has 1 unspecified atom stereocenters. The Balaban J connectivity index is 1.62. The molecule has 1 aliphatic heterocycles. The van der Waals surface area contributed by atoms with E-state index >= 15 is 0 Å². The van der Waals surface area contributed by atoms with Gasteiger partial charge in [-0.2, -0.15) is 0 Å². The normalized spacial score (nSPS) is 15.6. The van der Waals surface area contributed by atoms with Crippen LogP contribution in [0.4, 0.5) is 0 Å². The summed E-state index contributed by atoms with van der Waals surface area (Å²) < 4.78 is 7.96. The molecule has 3 aromatic rings. The van der Waals surface area contributed by atoms with Crippen LogP contribution < -0.4 is 10.1 Å². The van der Waals surface area contributed by atoms with Crippen molar-refractivity contribution in [2.75, 3.05) is 6.54 Å². The van der Waals surface area contributed by atoms with Crippen LogP contribution in [0.15, 0.2) is 61.2 Å². The van der Waals surface area contributed by atoms with Gasteiger partial charge in [-0.3, -0.25) is 0 Å². The first kappa shape index (κ1) is 13.8. The lowest BCUT2D eigenvalue weighted by atomic mass is 9.94. The zero-order chi connectivity index (χ0) is 15.6. The van der Waals surface area contributed by atoms with Crippen molar-refractivity contribution in [3.8, 4) is 17.2 Å². The highest BCUT2D eigenvalue weighted by molar-refractivity contribution is 5.54. The smallest absolute Gasteiger partial charge is 0.136 e. The maximum absolute atomic E-state index is 9.71. The monoisotopic (exact) mass is 307 g/mol. The molecule has 0 spiro atoms. The average Bonchev–Trinajstić information content (AvgIpc) is 3.07. The molecular weight excluding hydrogens is 290 g/mol. The third-order valence-corrected chi connectivity index (χ3v) is 4.04. The fourth-order valence-corrected chi connectivity index (χ4v) is 2.92. The van der Waals surface area contributed by atoms with Gasteiger partial charge in [-0.05, 0) is 18.2 Å². The summed E-state index contributed by atoms with van der Waals surface area (Å²) in [5, 5.41) is 13.3. The number of hydrogen-bond acceptors (Lipinski definition) is 4. The highest BCUT2D eigenvalue weighted by Gasteiger charge is 2.26. The standard InChI is InChI=1S/C18H17N3O2/c22-13-5-6-15-17(11-13)23-16-4-2-1-3-14(16)18(15)20-8-10-21-9-7-19-12-21/h1-7,9,11-12,18,20,22H,8,10H2. The SMILES string of the molecule is Oc1ccc2c(c1)Oc1ccccc1C2NCCn1ccnc1. The van der Waals surface area contributed by atoms with E-state index in [4.69, 9.17) is 4.74 Å². The first-order chi connectivity index (χ1) is 11.3. The van der Waals surface area contributed by atoms with Gasteiger partial charge in [0, 0.05) is 42.7 Å². The van der Waals surface area contributed by atoms with Crippen LogP contribution in [-0.2, 0) is 6.54 Å². The van der Waals surface area contributed by atoms with E-state index in [-0.39, 0.29) is 11.8 Å². The van der Waals surface area contributed by atoms with Crippen molar-refractivity contribution in [2.45, 2.75) is 12.6 Å². The minimum Gasteiger partial charge on any atom is -0.508 e. The topological polar surface area (TPSA) is 59.3 Å². The zero-order valence-electron chi connectivity index (χ0n) is 12.5. The number of rotatable bonds is 4. The summed E-state index contributed by atoms with van der Waals surface area (Å²) in [6.45, 7) is 1.64. The van der Waals surface area contributed by atoms with Gasteiger partial charge in [0.1, 0.15) is 17.2 Å². The molecule has 0 aliphatic carbocycles. The van der Waals surface area contributed by atoms with Crippen molar-refractivity contribution in [1.82, 2.24) is 14.9 Å². The molecule has 0 bridgehead atoms. The Morgan fingerprint density at radius 3 is 2.87 bits per heavy atom. The Hall–Kier alpha value is -2.79. The summed E-state index contributed by atoms with van der Waals surface area (Å²) in [5.41, 5.74) is 2.14. The summed E-state index contributed by atoms with van der Waals surface area (Å²) >= 11 is 0. The lowest BCUT2D eigenvalue weighted by Gasteiger charge is -2.29. The van der Waals surface area contributed by atoms with E-state index in [1.165, 1.54) is 0 Å². The molecule has 1 atom stereocenters. The molecule has 0 saturated carbocycles. The summed E-state index contributed by atoms with van der Waals surface area (Å²) in [5.74, 6) is 1.73. The maximum Gasteiger partial charge on any atom is 0.136 e. The lowest BCUT2D eigenvalue weighted by molar-refractivity contribution is 0.415. The number of para-hydroxylation sites is 1. The van der Waals surface area contributed by atoms with Gasteiger partial charge in [0.05, 0.1) is 12.4 Å². The predicted molar refractivity (Wildman–Crippen MR) is 86.7 cm³/mol. The molecule has 23 heavy (non-hydrogen) atoms. The Labute approximate surface area is 134 Å². The maximum atomic E-state index is 9.71. The largest absolute Gasteiger partial charge is 0.508 e. The van der Waals surface area contributed by atoms with Gasteiger partial charge in [-0.15, -0.1) is 0 Å². The number of fused-ring (bicyclic) bond motifs is 2. The van der Waals surface area contributed by atoms with Crippen LogP contribution in [0.2, 0.25) is 0 Å². The zero-order valence-corrected chi connectivity index (χ0v) is 12.5. The highest BCUT2D eigenvalue weighted by atomic mass is 16.5. The molecule has 1 aromatic heterocycles. The second-order valence-corrected chi connectivity index (χ2v) is 5.55. The second-order valence-electron chi connectivity index (χ2n) is 5.55. The number of imidazole rings is 1. The molecular formula is C18H17N3O2. The molecule has 0 radical (unpaired) electrons. The molecule has 5 heteroatoms. The predicted octanol–water partition coefficient (Wildman–Crippen LogP) is 3.07. The number of nitrogens with zero attached hydrogens (tertiary/aromatic N) is 2. The lowest BCUT2D eigenvalue weighted by Crippen LogP contribution is -2.28. The van der Waals surface area contributed by atoms with E-state index in [2.05, 4.69) is 16.4 Å². The van der Waals surface area contributed by atoms with E-state index in [9.17, 15) is 5.11 Å². The first-order valence-electron chi connectivity index (χ1n) is 7.60. The first-order valence-corrected chi connectivity index (χ1v) is 7.60. The van der Waals surface area contributed by atoms with Crippen LogP contribution in [-0.4, -0.2) is 21.2 Å². The van der Waals surface area contributed by atoms with Gasteiger partial charge in [-0.1, -0.05) is 18.2 Å². The summed E-state index contributed by atoms with van der Waals surface area (Å²) in [6.07, 6.45) is 5.54. The van der Waals surface area contributed by atoms with Gasteiger partial charge in [0.25, 0.3) is 0 Å². The highest BCUT2D eigenvalue weighted by Crippen LogP contribution is 2.43. The van der Waals surface area contributed by atoms with E-state index in [1.54, 1.807) is 18.3 Å².